The molecule has 2 N–H and O–H groups in total. The van der Waals surface area contributed by atoms with E-state index in [-0.39, 0.29) is 22.7 Å². The molecule has 138 valence electrons. The Bertz CT molecular complexity index is 933. The number of methoxy groups -OCH3 is 2. The van der Waals surface area contributed by atoms with Crippen LogP contribution in [-0.4, -0.2) is 33.7 Å². The molecule has 0 atom stereocenters. The Morgan fingerprint density at radius 3 is 2.31 bits per heavy atom. The van der Waals surface area contributed by atoms with Crippen LogP contribution >= 0.6 is 0 Å². The Kier molecular flexibility index (Phi) is 5.89. The van der Waals surface area contributed by atoms with Crippen LogP contribution in [0.25, 0.3) is 6.08 Å². The Morgan fingerprint density at radius 2 is 1.77 bits per heavy atom. The third kappa shape index (κ3) is 4.76. The highest BCUT2D eigenvalue weighted by Crippen LogP contribution is 2.34. The fraction of sp³-hybridized carbons (Fsp3) is 0.167. The molecule has 0 fully saturated rings. The fourth-order valence-corrected chi connectivity index (χ4v) is 3.06. The van der Waals surface area contributed by atoms with Gasteiger partial charge in [0.05, 0.1) is 25.2 Å². The molecule has 2 rings (SSSR count). The highest BCUT2D eigenvalue weighted by molar-refractivity contribution is 7.95. The van der Waals surface area contributed by atoms with Gasteiger partial charge in [-0.1, -0.05) is 29.8 Å². The van der Waals surface area contributed by atoms with Gasteiger partial charge < -0.3 is 14.6 Å². The maximum absolute atomic E-state index is 12.4. The minimum Gasteiger partial charge on any atom is -0.497 e. The molecule has 8 heteroatoms. The van der Waals surface area contributed by atoms with Gasteiger partial charge in [0.2, 0.25) is 0 Å². The lowest BCUT2D eigenvalue weighted by molar-refractivity contribution is 0.0697. The minimum atomic E-state index is -3.97. The number of ether oxygens (including phenoxy) is 2. The van der Waals surface area contributed by atoms with Gasteiger partial charge in [-0.15, -0.1) is 0 Å². The molecule has 0 amide bonds. The third-order valence-electron chi connectivity index (χ3n) is 3.52. The molecule has 26 heavy (non-hydrogen) atoms. The number of aromatic carboxylic acids is 1. The number of sulfonamides is 1. The molecule has 0 aromatic heterocycles. The van der Waals surface area contributed by atoms with Gasteiger partial charge in [0.1, 0.15) is 17.2 Å². The molecule has 7 nitrogen and oxygen atoms in total. The van der Waals surface area contributed by atoms with E-state index in [2.05, 4.69) is 4.72 Å². The first-order valence-electron chi connectivity index (χ1n) is 7.52. The van der Waals surface area contributed by atoms with Crippen molar-refractivity contribution in [3.8, 4) is 11.5 Å². The fourth-order valence-electron chi connectivity index (χ4n) is 2.16. The highest BCUT2D eigenvalue weighted by atomic mass is 32.2. The summed E-state index contributed by atoms with van der Waals surface area (Å²) in [5, 5.41) is 10.3. The van der Waals surface area contributed by atoms with Gasteiger partial charge in [-0.05, 0) is 24.6 Å². The zero-order valence-electron chi connectivity index (χ0n) is 14.5. The standard InChI is InChI=1S/C18H19NO6S/c1-12-4-6-13(7-5-12)8-9-26(22,23)19-17-15(18(20)21)10-14(24-2)11-16(17)25-3/h4-11,19H,1-3H3,(H,20,21)/b9-8+. The average molecular weight is 377 g/mol. The van der Waals surface area contributed by atoms with E-state index in [0.717, 1.165) is 11.0 Å². The number of carbonyl (C=O) groups is 1. The third-order valence-corrected chi connectivity index (χ3v) is 4.51. The molecule has 2 aromatic rings. The summed E-state index contributed by atoms with van der Waals surface area (Å²) in [6.45, 7) is 1.93. The second kappa shape index (κ2) is 7.92. The Balaban J connectivity index is 2.39. The molecule has 0 radical (unpaired) electrons. The summed E-state index contributed by atoms with van der Waals surface area (Å²) in [5.41, 5.74) is 1.29. The molecule has 0 aliphatic rings. The van der Waals surface area contributed by atoms with Crippen molar-refractivity contribution < 1.29 is 27.8 Å². The molecule has 0 aliphatic heterocycles. The van der Waals surface area contributed by atoms with Crippen LogP contribution < -0.4 is 14.2 Å². The van der Waals surface area contributed by atoms with E-state index in [9.17, 15) is 18.3 Å². The highest BCUT2D eigenvalue weighted by Gasteiger charge is 2.21. The van der Waals surface area contributed by atoms with E-state index in [0.29, 0.717) is 5.56 Å². The van der Waals surface area contributed by atoms with Gasteiger partial charge in [0, 0.05) is 6.07 Å². The molecule has 0 unspecified atom stereocenters. The molecular weight excluding hydrogens is 358 g/mol. The van der Waals surface area contributed by atoms with Crippen molar-refractivity contribution in [1.82, 2.24) is 0 Å². The van der Waals surface area contributed by atoms with Crippen molar-refractivity contribution in [1.29, 1.82) is 0 Å². The van der Waals surface area contributed by atoms with Crippen LogP contribution in [0.5, 0.6) is 11.5 Å². The Morgan fingerprint density at radius 1 is 1.12 bits per heavy atom. The average Bonchev–Trinajstić information content (AvgIpc) is 2.60. The maximum Gasteiger partial charge on any atom is 0.338 e. The first-order chi connectivity index (χ1) is 12.3. The quantitative estimate of drug-likeness (QED) is 0.769. The molecule has 0 saturated heterocycles. The van der Waals surface area contributed by atoms with Crippen LogP contribution in [-0.2, 0) is 10.0 Å². The van der Waals surface area contributed by atoms with E-state index < -0.39 is 16.0 Å². The predicted octanol–water partition coefficient (Wildman–Crippen LogP) is 3.12. The van der Waals surface area contributed by atoms with Gasteiger partial charge in [0.15, 0.2) is 0 Å². The number of rotatable bonds is 7. The second-order valence-electron chi connectivity index (χ2n) is 5.42. The topological polar surface area (TPSA) is 102 Å². The summed E-state index contributed by atoms with van der Waals surface area (Å²) in [5.74, 6) is -1.05. The molecule has 0 bridgehead atoms. The predicted molar refractivity (Wildman–Crippen MR) is 99.3 cm³/mol. The summed E-state index contributed by atoms with van der Waals surface area (Å²) < 4.78 is 37.1. The van der Waals surface area contributed by atoms with E-state index in [1.807, 2.05) is 19.1 Å². The number of nitrogens with one attached hydrogen (secondary N) is 1. The lowest BCUT2D eigenvalue weighted by Crippen LogP contribution is -2.14. The summed E-state index contributed by atoms with van der Waals surface area (Å²) in [7, 11) is -1.29. The largest absolute Gasteiger partial charge is 0.497 e. The summed E-state index contributed by atoms with van der Waals surface area (Å²) in [6, 6.07) is 9.87. The van der Waals surface area contributed by atoms with Gasteiger partial charge in [-0.3, -0.25) is 4.72 Å². The van der Waals surface area contributed by atoms with Gasteiger partial charge >= 0.3 is 5.97 Å². The molecule has 0 spiro atoms. The number of hydrogen-bond donors (Lipinski definition) is 2. The summed E-state index contributed by atoms with van der Waals surface area (Å²) >= 11 is 0. The van der Waals surface area contributed by atoms with Gasteiger partial charge in [-0.25, -0.2) is 13.2 Å². The van der Waals surface area contributed by atoms with Crippen molar-refractivity contribution in [3.05, 3.63) is 58.5 Å². The summed E-state index contributed by atoms with van der Waals surface area (Å²) in [6.07, 6.45) is 1.41. The van der Waals surface area contributed by atoms with E-state index in [4.69, 9.17) is 9.47 Å². The zero-order valence-corrected chi connectivity index (χ0v) is 15.3. The van der Waals surface area contributed by atoms with Crippen molar-refractivity contribution in [3.63, 3.8) is 0 Å². The lowest BCUT2D eigenvalue weighted by atomic mass is 10.1. The molecule has 0 heterocycles. The van der Waals surface area contributed by atoms with Crippen molar-refractivity contribution >= 4 is 27.8 Å². The smallest absolute Gasteiger partial charge is 0.338 e. The van der Waals surface area contributed by atoms with Crippen LogP contribution in [0.4, 0.5) is 5.69 Å². The van der Waals surface area contributed by atoms with Crippen molar-refractivity contribution in [2.45, 2.75) is 6.92 Å². The molecular formula is C18H19NO6S. The Hall–Kier alpha value is -3.00. The number of anilines is 1. The molecule has 0 saturated carbocycles. The van der Waals surface area contributed by atoms with E-state index >= 15 is 0 Å². The van der Waals surface area contributed by atoms with Gasteiger partial charge in [0.25, 0.3) is 10.0 Å². The number of aryl methyl sites for hydroxylation is 1. The van der Waals surface area contributed by atoms with Crippen LogP contribution in [0.2, 0.25) is 0 Å². The maximum atomic E-state index is 12.4. The second-order valence-corrected chi connectivity index (χ2v) is 6.98. The SMILES string of the molecule is COc1cc(OC)c(NS(=O)(=O)/C=C/c2ccc(C)cc2)c(C(=O)O)c1. The normalized spacial score (nSPS) is 11.3. The van der Waals surface area contributed by atoms with E-state index in [1.54, 1.807) is 12.1 Å². The van der Waals surface area contributed by atoms with Crippen LogP contribution in [0.1, 0.15) is 21.5 Å². The first-order valence-corrected chi connectivity index (χ1v) is 9.07. The minimum absolute atomic E-state index is 0.0362. The van der Waals surface area contributed by atoms with Gasteiger partial charge in [-0.2, -0.15) is 0 Å². The Labute approximate surface area is 151 Å². The van der Waals surface area contributed by atoms with Crippen molar-refractivity contribution in [2.75, 3.05) is 18.9 Å². The van der Waals surface area contributed by atoms with E-state index in [1.165, 1.54) is 32.4 Å². The van der Waals surface area contributed by atoms with Crippen LogP contribution in [0.15, 0.2) is 41.8 Å². The number of benzene rings is 2. The number of carboxylic acid groups (broad SMARTS) is 1. The monoisotopic (exact) mass is 377 g/mol. The van der Waals surface area contributed by atoms with Crippen molar-refractivity contribution in [2.24, 2.45) is 0 Å². The van der Waals surface area contributed by atoms with Crippen LogP contribution in [0, 0.1) is 6.92 Å². The molecule has 2 aromatic carbocycles. The molecule has 0 aliphatic carbocycles. The number of carboxylic acids is 1. The zero-order chi connectivity index (χ0) is 19.3. The number of hydrogen-bond acceptors (Lipinski definition) is 5. The summed E-state index contributed by atoms with van der Waals surface area (Å²) in [4.78, 5) is 11.5. The van der Waals surface area contributed by atoms with Crippen LogP contribution in [0.3, 0.4) is 0 Å². The first kappa shape index (κ1) is 19.3. The lowest BCUT2D eigenvalue weighted by Gasteiger charge is -2.14.